The van der Waals surface area contributed by atoms with E-state index in [4.69, 9.17) is 4.74 Å². The number of amides is 2. The molecule has 0 atom stereocenters. The number of urea groups is 1. The van der Waals surface area contributed by atoms with Gasteiger partial charge in [-0.15, -0.1) is 0 Å². The molecule has 0 aliphatic carbocycles. The van der Waals surface area contributed by atoms with E-state index in [0.717, 1.165) is 25.0 Å². The van der Waals surface area contributed by atoms with Crippen LogP contribution in [0, 0.1) is 23.5 Å². The van der Waals surface area contributed by atoms with Crippen LogP contribution >= 0.6 is 0 Å². The predicted molar refractivity (Wildman–Crippen MR) is 95.8 cm³/mol. The van der Waals surface area contributed by atoms with Crippen LogP contribution in [0.5, 0.6) is 5.75 Å². The maximum absolute atomic E-state index is 13.3. The van der Waals surface area contributed by atoms with Gasteiger partial charge in [0.25, 0.3) is 0 Å². The minimum Gasteiger partial charge on any atom is -0.478 e. The van der Waals surface area contributed by atoms with Gasteiger partial charge in [0.1, 0.15) is 12.4 Å². The van der Waals surface area contributed by atoms with Gasteiger partial charge in [0.2, 0.25) is 0 Å². The van der Waals surface area contributed by atoms with Gasteiger partial charge in [-0.2, -0.15) is 0 Å². The molecule has 4 nitrogen and oxygen atoms in total. The fourth-order valence-corrected chi connectivity index (χ4v) is 2.15. The minimum atomic E-state index is -0.778. The third-order valence-electron chi connectivity index (χ3n) is 3.43. The number of hydrogen-bond acceptors (Lipinski definition) is 2. The maximum atomic E-state index is 13.3. The first-order valence-electron chi connectivity index (χ1n) is 8.24. The van der Waals surface area contributed by atoms with E-state index in [2.05, 4.69) is 34.6 Å². The fourth-order valence-electron chi connectivity index (χ4n) is 2.15. The van der Waals surface area contributed by atoms with Crippen LogP contribution < -0.4 is 15.4 Å². The summed E-state index contributed by atoms with van der Waals surface area (Å²) in [6.45, 7) is 0.670. The van der Waals surface area contributed by atoms with Gasteiger partial charge in [-0.25, -0.2) is 13.6 Å². The van der Waals surface area contributed by atoms with E-state index in [1.165, 1.54) is 11.6 Å². The molecule has 0 radical (unpaired) electrons. The number of aryl methyl sites for hydroxylation is 1. The second-order valence-electron chi connectivity index (χ2n) is 5.42. The maximum Gasteiger partial charge on any atom is 0.315 e. The quantitative estimate of drug-likeness (QED) is 0.590. The molecule has 2 aromatic rings. The summed E-state index contributed by atoms with van der Waals surface area (Å²) in [5.41, 5.74) is 1.23. The van der Waals surface area contributed by atoms with E-state index in [0.29, 0.717) is 6.54 Å². The average molecular weight is 358 g/mol. The highest BCUT2D eigenvalue weighted by molar-refractivity contribution is 5.74. The molecule has 26 heavy (non-hydrogen) atoms. The van der Waals surface area contributed by atoms with Gasteiger partial charge >= 0.3 is 6.03 Å². The van der Waals surface area contributed by atoms with Gasteiger partial charge in [0, 0.05) is 12.6 Å². The molecule has 0 fully saturated rings. The lowest BCUT2D eigenvalue weighted by Crippen LogP contribution is -2.36. The van der Waals surface area contributed by atoms with Crippen molar-refractivity contribution in [2.24, 2.45) is 0 Å². The van der Waals surface area contributed by atoms with Crippen molar-refractivity contribution in [2.45, 2.75) is 12.8 Å². The SMILES string of the molecule is O=C(NCC#CCOc1ccc(F)cc1F)NCCCc1ccccc1. The van der Waals surface area contributed by atoms with Crippen LogP contribution in [0.1, 0.15) is 12.0 Å². The molecule has 0 spiro atoms. The number of rotatable bonds is 7. The Kier molecular flexibility index (Phi) is 7.94. The summed E-state index contributed by atoms with van der Waals surface area (Å²) in [7, 11) is 0. The van der Waals surface area contributed by atoms with Crippen LogP contribution in [0.2, 0.25) is 0 Å². The van der Waals surface area contributed by atoms with Gasteiger partial charge in [-0.3, -0.25) is 0 Å². The molecular weight excluding hydrogens is 338 g/mol. The molecule has 0 saturated carbocycles. The second-order valence-corrected chi connectivity index (χ2v) is 5.42. The summed E-state index contributed by atoms with van der Waals surface area (Å²) in [6.07, 6.45) is 1.75. The summed E-state index contributed by atoms with van der Waals surface area (Å²) in [6, 6.07) is 12.8. The standard InChI is InChI=1S/C20H20F2N2O2/c21-17-10-11-19(18(22)15-17)26-14-5-4-12-23-20(25)24-13-6-9-16-7-2-1-3-8-16/h1-3,7-8,10-11,15H,6,9,12-14H2,(H2,23,24,25). The number of ether oxygens (including phenoxy) is 1. The second kappa shape index (κ2) is 10.7. The first kappa shape index (κ1) is 19.3. The first-order valence-corrected chi connectivity index (χ1v) is 8.24. The summed E-state index contributed by atoms with van der Waals surface area (Å²) in [4.78, 5) is 11.6. The number of carbonyl (C=O) groups excluding carboxylic acids is 1. The van der Waals surface area contributed by atoms with Crippen molar-refractivity contribution in [3.8, 4) is 17.6 Å². The third kappa shape index (κ3) is 7.22. The predicted octanol–water partition coefficient (Wildman–Crippen LogP) is 3.28. The van der Waals surface area contributed by atoms with Crippen molar-refractivity contribution < 1.29 is 18.3 Å². The largest absolute Gasteiger partial charge is 0.478 e. The number of halogens is 2. The monoisotopic (exact) mass is 358 g/mol. The Labute approximate surface area is 151 Å². The number of benzene rings is 2. The van der Waals surface area contributed by atoms with Crippen LogP contribution in [0.3, 0.4) is 0 Å². The molecule has 0 unspecified atom stereocenters. The normalized spacial score (nSPS) is 9.77. The zero-order valence-electron chi connectivity index (χ0n) is 14.2. The van der Waals surface area contributed by atoms with Gasteiger partial charge < -0.3 is 15.4 Å². The Hall–Kier alpha value is -3.07. The van der Waals surface area contributed by atoms with E-state index >= 15 is 0 Å². The number of hydrogen-bond donors (Lipinski definition) is 2. The smallest absolute Gasteiger partial charge is 0.315 e. The molecular formula is C20H20F2N2O2. The Bertz CT molecular complexity index is 770. The van der Waals surface area contributed by atoms with Crippen LogP contribution in [0.15, 0.2) is 48.5 Å². The van der Waals surface area contributed by atoms with Crippen molar-refractivity contribution in [3.05, 3.63) is 65.7 Å². The molecule has 2 rings (SSSR count). The fraction of sp³-hybridized carbons (Fsp3) is 0.250. The van der Waals surface area contributed by atoms with Gasteiger partial charge in [-0.05, 0) is 30.5 Å². The Balaban J connectivity index is 1.55. The molecule has 0 aliphatic rings. The van der Waals surface area contributed by atoms with Crippen LogP contribution in [-0.2, 0) is 6.42 Å². The van der Waals surface area contributed by atoms with E-state index in [-0.39, 0.29) is 24.9 Å². The zero-order valence-corrected chi connectivity index (χ0v) is 14.2. The van der Waals surface area contributed by atoms with E-state index in [1.807, 2.05) is 18.2 Å². The molecule has 0 aliphatic heterocycles. The highest BCUT2D eigenvalue weighted by atomic mass is 19.1. The third-order valence-corrected chi connectivity index (χ3v) is 3.43. The van der Waals surface area contributed by atoms with Gasteiger partial charge in [-0.1, -0.05) is 42.2 Å². The molecule has 6 heteroatoms. The highest BCUT2D eigenvalue weighted by Gasteiger charge is 2.03. The average Bonchev–Trinajstić information content (AvgIpc) is 2.64. The Morgan fingerprint density at radius 2 is 1.85 bits per heavy atom. The van der Waals surface area contributed by atoms with E-state index in [1.54, 1.807) is 0 Å². The van der Waals surface area contributed by atoms with E-state index in [9.17, 15) is 13.6 Å². The summed E-state index contributed by atoms with van der Waals surface area (Å²) in [5.74, 6) is 3.83. The van der Waals surface area contributed by atoms with Crippen molar-refractivity contribution in [1.82, 2.24) is 10.6 Å². The number of carbonyl (C=O) groups is 1. The summed E-state index contributed by atoms with van der Waals surface area (Å²) in [5, 5.41) is 5.34. The minimum absolute atomic E-state index is 0.0527. The molecule has 0 heterocycles. The van der Waals surface area contributed by atoms with Crippen molar-refractivity contribution in [3.63, 3.8) is 0 Å². The topological polar surface area (TPSA) is 50.4 Å². The molecule has 0 aromatic heterocycles. The molecule has 136 valence electrons. The Morgan fingerprint density at radius 3 is 2.62 bits per heavy atom. The number of nitrogens with one attached hydrogen (secondary N) is 2. The molecule has 0 saturated heterocycles. The summed E-state index contributed by atoms with van der Waals surface area (Å²) >= 11 is 0. The molecule has 2 aromatic carbocycles. The molecule has 2 amide bonds. The lowest BCUT2D eigenvalue weighted by molar-refractivity contribution is 0.242. The molecule has 0 bridgehead atoms. The van der Waals surface area contributed by atoms with Crippen molar-refractivity contribution in [1.29, 1.82) is 0 Å². The van der Waals surface area contributed by atoms with Crippen LogP contribution in [0.25, 0.3) is 0 Å². The van der Waals surface area contributed by atoms with Gasteiger partial charge in [0.15, 0.2) is 11.6 Å². The lowest BCUT2D eigenvalue weighted by Gasteiger charge is -2.05. The molecule has 2 N–H and O–H groups in total. The van der Waals surface area contributed by atoms with Crippen molar-refractivity contribution in [2.75, 3.05) is 19.7 Å². The first-order chi connectivity index (χ1) is 12.6. The highest BCUT2D eigenvalue weighted by Crippen LogP contribution is 2.17. The summed E-state index contributed by atoms with van der Waals surface area (Å²) < 4.78 is 31.1. The lowest BCUT2D eigenvalue weighted by atomic mass is 10.1. The van der Waals surface area contributed by atoms with E-state index < -0.39 is 11.6 Å². The van der Waals surface area contributed by atoms with Gasteiger partial charge in [0.05, 0.1) is 6.54 Å². The zero-order chi connectivity index (χ0) is 18.6. The van der Waals surface area contributed by atoms with Crippen LogP contribution in [0.4, 0.5) is 13.6 Å². The van der Waals surface area contributed by atoms with Crippen LogP contribution in [-0.4, -0.2) is 25.7 Å². The Morgan fingerprint density at radius 1 is 1.04 bits per heavy atom. The van der Waals surface area contributed by atoms with Crippen molar-refractivity contribution >= 4 is 6.03 Å².